The molecule has 1 aliphatic heterocycles. The summed E-state index contributed by atoms with van der Waals surface area (Å²) in [7, 11) is 1.17. The number of alkyl halides is 2. The van der Waals surface area contributed by atoms with Crippen molar-refractivity contribution >= 4 is 17.7 Å². The minimum atomic E-state index is -3.00. The third-order valence-corrected chi connectivity index (χ3v) is 5.02. The van der Waals surface area contributed by atoms with Crippen LogP contribution >= 0.6 is 0 Å². The number of amidine groups is 1. The number of methoxy groups -OCH3 is 1. The highest BCUT2D eigenvalue weighted by Crippen LogP contribution is 2.56. The van der Waals surface area contributed by atoms with Crippen LogP contribution in [0.2, 0.25) is 0 Å². The molecule has 8 heteroatoms. The Morgan fingerprint density at radius 1 is 1.29 bits per heavy atom. The minimum absolute atomic E-state index is 0.0182. The summed E-state index contributed by atoms with van der Waals surface area (Å²) in [4.78, 5) is 16.0. The van der Waals surface area contributed by atoms with Gasteiger partial charge in [-0.25, -0.2) is 23.0 Å². The Labute approximate surface area is 159 Å². The molecule has 0 aromatic heterocycles. The van der Waals surface area contributed by atoms with Crippen LogP contribution in [0.4, 0.5) is 18.9 Å². The van der Waals surface area contributed by atoms with Crippen molar-refractivity contribution in [1.29, 1.82) is 0 Å². The number of para-hydroxylation sites is 1. The topological polar surface area (TPSA) is 59.9 Å². The molecule has 0 amide bonds. The maximum Gasteiger partial charge on any atom is 0.337 e. The van der Waals surface area contributed by atoms with Crippen molar-refractivity contribution in [3.05, 3.63) is 65.5 Å². The number of esters is 1. The first-order valence-electron chi connectivity index (χ1n) is 8.70. The van der Waals surface area contributed by atoms with E-state index in [0.717, 1.165) is 12.1 Å². The van der Waals surface area contributed by atoms with Gasteiger partial charge >= 0.3 is 5.97 Å². The lowest BCUT2D eigenvalue weighted by molar-refractivity contribution is 0.0180. The molecule has 28 heavy (non-hydrogen) atoms. The van der Waals surface area contributed by atoms with E-state index in [0.29, 0.717) is 12.1 Å². The van der Waals surface area contributed by atoms with E-state index in [4.69, 9.17) is 4.74 Å². The first-order valence-corrected chi connectivity index (χ1v) is 8.70. The van der Waals surface area contributed by atoms with Crippen molar-refractivity contribution in [1.82, 2.24) is 0 Å². The Hall–Kier alpha value is -3.03. The molecule has 1 N–H and O–H groups in total. The van der Waals surface area contributed by atoms with Crippen LogP contribution in [-0.4, -0.2) is 31.6 Å². The monoisotopic (exact) mass is 390 g/mol. The Bertz CT molecular complexity index is 936. The van der Waals surface area contributed by atoms with E-state index in [1.54, 1.807) is 24.3 Å². The van der Waals surface area contributed by atoms with Gasteiger partial charge in [0.15, 0.2) is 5.54 Å². The SMILES string of the molecule is COC(=O)c1ccc(F)c([C@]2(C(F)F)N=C(Nc3ccccc3)O[C@H]3C[C@H]32)c1. The zero-order valence-electron chi connectivity index (χ0n) is 14.9. The van der Waals surface area contributed by atoms with Gasteiger partial charge in [-0.1, -0.05) is 18.2 Å². The largest absolute Gasteiger partial charge is 0.465 e. The molecule has 3 atom stereocenters. The normalized spacial score (nSPS) is 25.4. The highest BCUT2D eigenvalue weighted by molar-refractivity contribution is 5.91. The third-order valence-electron chi connectivity index (χ3n) is 5.02. The molecule has 1 aliphatic carbocycles. The summed E-state index contributed by atoms with van der Waals surface area (Å²) in [6.45, 7) is 0. The number of hydrogen-bond acceptors (Lipinski definition) is 5. The maximum atomic E-state index is 14.7. The van der Waals surface area contributed by atoms with E-state index in [1.165, 1.54) is 13.2 Å². The average molecular weight is 390 g/mol. The van der Waals surface area contributed by atoms with Crippen LogP contribution < -0.4 is 5.32 Å². The average Bonchev–Trinajstić information content (AvgIpc) is 3.47. The van der Waals surface area contributed by atoms with Crippen LogP contribution in [0.25, 0.3) is 0 Å². The molecule has 2 aromatic carbocycles. The van der Waals surface area contributed by atoms with Crippen molar-refractivity contribution in [3.63, 3.8) is 0 Å². The standard InChI is InChI=1S/C20H17F3N2O3/c1-27-17(26)11-7-8-15(21)13(9-11)20(18(22)23)14-10-16(14)28-19(25-20)24-12-5-3-2-4-6-12/h2-9,14,16,18H,10H2,1H3,(H,24,25)/t14-,16+,20+/m1/s1. The number of rotatable bonds is 4. The number of halogens is 3. The summed E-state index contributed by atoms with van der Waals surface area (Å²) in [6, 6.07) is 12.0. The van der Waals surface area contributed by atoms with E-state index < -0.39 is 35.8 Å². The highest BCUT2D eigenvalue weighted by Gasteiger charge is 2.64. The Kier molecular flexibility index (Phi) is 4.49. The van der Waals surface area contributed by atoms with E-state index in [1.807, 2.05) is 6.07 Å². The van der Waals surface area contributed by atoms with Crippen molar-refractivity contribution in [3.8, 4) is 0 Å². The van der Waals surface area contributed by atoms with E-state index >= 15 is 0 Å². The molecular formula is C20H17F3N2O3. The molecule has 0 radical (unpaired) electrons. The van der Waals surface area contributed by atoms with Crippen LogP contribution in [0.15, 0.2) is 53.5 Å². The van der Waals surface area contributed by atoms with Gasteiger partial charge in [0.1, 0.15) is 11.9 Å². The van der Waals surface area contributed by atoms with Gasteiger partial charge in [0, 0.05) is 17.2 Å². The number of ether oxygens (including phenoxy) is 2. The molecule has 1 heterocycles. The minimum Gasteiger partial charge on any atom is -0.465 e. The summed E-state index contributed by atoms with van der Waals surface area (Å²) >= 11 is 0. The molecule has 4 rings (SSSR count). The molecule has 2 aromatic rings. The molecule has 0 unspecified atom stereocenters. The number of fused-ring (bicyclic) bond motifs is 1. The van der Waals surface area contributed by atoms with Gasteiger partial charge in [-0.05, 0) is 36.8 Å². The summed E-state index contributed by atoms with van der Waals surface area (Å²) in [5, 5.41) is 2.87. The summed E-state index contributed by atoms with van der Waals surface area (Å²) in [6.07, 6.45) is -3.18. The fourth-order valence-electron chi connectivity index (χ4n) is 3.55. The Morgan fingerprint density at radius 3 is 2.71 bits per heavy atom. The van der Waals surface area contributed by atoms with Crippen LogP contribution in [0.5, 0.6) is 0 Å². The first-order chi connectivity index (χ1) is 13.5. The Morgan fingerprint density at radius 2 is 2.04 bits per heavy atom. The number of benzene rings is 2. The van der Waals surface area contributed by atoms with Crippen LogP contribution in [0.3, 0.4) is 0 Å². The van der Waals surface area contributed by atoms with Crippen LogP contribution in [0.1, 0.15) is 22.3 Å². The second-order valence-corrected chi connectivity index (χ2v) is 6.72. The molecule has 146 valence electrons. The smallest absolute Gasteiger partial charge is 0.337 e. The maximum absolute atomic E-state index is 14.7. The van der Waals surface area contributed by atoms with Crippen molar-refractivity contribution < 1.29 is 27.4 Å². The second-order valence-electron chi connectivity index (χ2n) is 6.72. The lowest BCUT2D eigenvalue weighted by Gasteiger charge is -2.34. The molecule has 1 saturated carbocycles. The van der Waals surface area contributed by atoms with Gasteiger partial charge in [-0.15, -0.1) is 0 Å². The van der Waals surface area contributed by atoms with Gasteiger partial charge in [-0.2, -0.15) is 0 Å². The van der Waals surface area contributed by atoms with Crippen molar-refractivity contribution in [2.24, 2.45) is 10.9 Å². The van der Waals surface area contributed by atoms with Crippen LogP contribution in [-0.2, 0) is 15.0 Å². The summed E-state index contributed by atoms with van der Waals surface area (Å²) < 4.78 is 53.6. The lowest BCUT2D eigenvalue weighted by Crippen LogP contribution is -2.43. The van der Waals surface area contributed by atoms with Crippen molar-refractivity contribution in [2.75, 3.05) is 12.4 Å². The summed E-state index contributed by atoms with van der Waals surface area (Å²) in [5.41, 5.74) is -1.90. The fraction of sp³-hybridized carbons (Fsp3) is 0.300. The number of carbonyl (C=O) groups excluding carboxylic acids is 1. The number of nitrogens with one attached hydrogen (secondary N) is 1. The van der Waals surface area contributed by atoms with E-state index in [-0.39, 0.29) is 17.1 Å². The molecule has 2 aliphatic rings. The van der Waals surface area contributed by atoms with Gasteiger partial charge in [0.2, 0.25) is 0 Å². The first kappa shape index (κ1) is 18.3. The molecule has 5 nitrogen and oxygen atoms in total. The van der Waals surface area contributed by atoms with Crippen molar-refractivity contribution in [2.45, 2.75) is 24.5 Å². The van der Waals surface area contributed by atoms with E-state index in [9.17, 15) is 18.0 Å². The number of nitrogens with zero attached hydrogens (tertiary/aromatic N) is 1. The quantitative estimate of drug-likeness (QED) is 0.803. The molecule has 0 saturated heterocycles. The lowest BCUT2D eigenvalue weighted by atomic mass is 9.84. The fourth-order valence-corrected chi connectivity index (χ4v) is 3.55. The van der Waals surface area contributed by atoms with Crippen LogP contribution in [0, 0.1) is 11.7 Å². The zero-order chi connectivity index (χ0) is 19.9. The zero-order valence-corrected chi connectivity index (χ0v) is 14.9. The number of carbonyl (C=O) groups is 1. The molecular weight excluding hydrogens is 373 g/mol. The molecule has 0 bridgehead atoms. The van der Waals surface area contributed by atoms with Gasteiger partial charge in [-0.3, -0.25) is 0 Å². The molecule has 0 spiro atoms. The number of aliphatic imine (C=N–C) groups is 1. The van der Waals surface area contributed by atoms with Gasteiger partial charge in [0.05, 0.1) is 12.7 Å². The summed E-state index contributed by atoms with van der Waals surface area (Å²) in [5.74, 6) is -2.28. The molecule has 1 fully saturated rings. The number of hydrogen-bond donors (Lipinski definition) is 1. The predicted molar refractivity (Wildman–Crippen MR) is 95.9 cm³/mol. The predicted octanol–water partition coefficient (Wildman–Crippen LogP) is 3.96. The Balaban J connectivity index is 1.81. The second kappa shape index (κ2) is 6.85. The number of anilines is 1. The van der Waals surface area contributed by atoms with Gasteiger partial charge in [0.25, 0.3) is 12.4 Å². The van der Waals surface area contributed by atoms with Gasteiger partial charge < -0.3 is 14.8 Å². The highest BCUT2D eigenvalue weighted by atomic mass is 19.3. The third kappa shape index (κ3) is 2.98. The van der Waals surface area contributed by atoms with E-state index in [2.05, 4.69) is 15.0 Å².